The summed E-state index contributed by atoms with van der Waals surface area (Å²) in [6.07, 6.45) is 0. The van der Waals surface area contributed by atoms with Crippen molar-refractivity contribution in [1.82, 2.24) is 15.1 Å². The van der Waals surface area contributed by atoms with Gasteiger partial charge in [0.05, 0.1) is 0 Å². The Hall–Kier alpha value is -3.22. The Morgan fingerprint density at radius 3 is 2.64 bits per heavy atom. The zero-order valence-corrected chi connectivity index (χ0v) is 14.3. The molecule has 7 heteroatoms. The topological polar surface area (TPSA) is 92.9 Å². The Kier molecular flexibility index (Phi) is 4.74. The van der Waals surface area contributed by atoms with E-state index in [1.807, 2.05) is 25.1 Å². The highest BCUT2D eigenvalue weighted by Gasteiger charge is 2.13. The maximum absolute atomic E-state index is 12.3. The minimum atomic E-state index is -0.364. The van der Waals surface area contributed by atoms with Crippen molar-refractivity contribution in [2.75, 3.05) is 10.6 Å². The van der Waals surface area contributed by atoms with Gasteiger partial charge >= 0.3 is 0 Å². The van der Waals surface area contributed by atoms with Crippen molar-refractivity contribution < 1.29 is 9.32 Å². The van der Waals surface area contributed by atoms with Crippen molar-refractivity contribution in [1.29, 1.82) is 0 Å². The first-order valence-electron chi connectivity index (χ1n) is 7.89. The van der Waals surface area contributed by atoms with Crippen LogP contribution in [0.5, 0.6) is 0 Å². The maximum atomic E-state index is 12.3. The fourth-order valence-corrected chi connectivity index (χ4v) is 2.39. The van der Waals surface area contributed by atoms with Gasteiger partial charge in [-0.05, 0) is 26.3 Å². The van der Waals surface area contributed by atoms with Gasteiger partial charge in [-0.1, -0.05) is 35.0 Å². The number of carbonyl (C=O) groups is 1. The molecule has 1 amide bonds. The van der Waals surface area contributed by atoms with E-state index >= 15 is 0 Å². The van der Waals surface area contributed by atoms with E-state index in [2.05, 4.69) is 31.8 Å². The number of aromatic nitrogens is 3. The summed E-state index contributed by atoms with van der Waals surface area (Å²) >= 11 is 0. The highest BCUT2D eigenvalue weighted by Crippen LogP contribution is 2.13. The molecule has 0 aliphatic heterocycles. The van der Waals surface area contributed by atoms with Gasteiger partial charge in [-0.3, -0.25) is 4.79 Å². The molecule has 0 unspecified atom stereocenters. The van der Waals surface area contributed by atoms with Crippen LogP contribution in [0.15, 0.2) is 40.9 Å². The van der Waals surface area contributed by atoms with Crippen molar-refractivity contribution in [3.63, 3.8) is 0 Å². The third-order valence-electron chi connectivity index (χ3n) is 3.50. The number of hydrogen-bond acceptors (Lipinski definition) is 6. The summed E-state index contributed by atoms with van der Waals surface area (Å²) in [5, 5.41) is 9.62. The van der Waals surface area contributed by atoms with Crippen LogP contribution in [0.1, 0.15) is 33.2 Å². The quantitative estimate of drug-likeness (QED) is 0.742. The van der Waals surface area contributed by atoms with E-state index in [9.17, 15) is 4.79 Å². The summed E-state index contributed by atoms with van der Waals surface area (Å²) in [4.78, 5) is 20.8. The number of carbonyl (C=O) groups excluding carboxylic acids is 1. The molecule has 3 aromatic rings. The molecule has 0 radical (unpaired) electrons. The second kappa shape index (κ2) is 7.12. The molecule has 128 valence electrons. The number of aryl methyl sites for hydroxylation is 3. The Morgan fingerprint density at radius 2 is 1.92 bits per heavy atom. The van der Waals surface area contributed by atoms with Gasteiger partial charge < -0.3 is 15.2 Å². The first kappa shape index (κ1) is 16.6. The molecule has 0 aliphatic carbocycles. The molecule has 3 rings (SSSR count). The van der Waals surface area contributed by atoms with Crippen LogP contribution >= 0.6 is 0 Å². The molecule has 2 N–H and O–H groups in total. The van der Waals surface area contributed by atoms with Crippen LogP contribution in [0.3, 0.4) is 0 Å². The monoisotopic (exact) mass is 337 g/mol. The summed E-state index contributed by atoms with van der Waals surface area (Å²) < 4.78 is 4.94. The van der Waals surface area contributed by atoms with Crippen LogP contribution in [0.25, 0.3) is 0 Å². The molecule has 0 spiro atoms. The number of anilines is 2. The summed E-state index contributed by atoms with van der Waals surface area (Å²) in [7, 11) is 0. The minimum Gasteiger partial charge on any atom is -0.366 e. The third kappa shape index (κ3) is 4.41. The Balaban J connectivity index is 1.72. The van der Waals surface area contributed by atoms with Crippen molar-refractivity contribution in [3.05, 3.63) is 64.8 Å². The minimum absolute atomic E-state index is 0.264. The lowest BCUT2D eigenvalue weighted by Gasteiger charge is -2.09. The zero-order valence-electron chi connectivity index (χ0n) is 14.3. The van der Waals surface area contributed by atoms with Crippen LogP contribution in [-0.4, -0.2) is 21.0 Å². The molecule has 0 bridgehead atoms. The summed E-state index contributed by atoms with van der Waals surface area (Å²) in [6, 6.07) is 11.5. The fraction of sp³-hybridized carbons (Fsp3) is 0.222. The number of benzene rings is 1. The van der Waals surface area contributed by atoms with E-state index in [1.54, 1.807) is 26.0 Å². The molecule has 0 aliphatic rings. The SMILES string of the molecule is Cc1cccc(CNc2cc(C(=O)Nc3cc(C)on3)nc(C)n2)c1. The predicted octanol–water partition coefficient (Wildman–Crippen LogP) is 3.25. The number of rotatable bonds is 5. The smallest absolute Gasteiger partial charge is 0.275 e. The first-order chi connectivity index (χ1) is 12.0. The molecule has 0 atom stereocenters. The molecule has 0 fully saturated rings. The lowest BCUT2D eigenvalue weighted by atomic mass is 10.1. The molecule has 7 nitrogen and oxygen atoms in total. The number of hydrogen-bond donors (Lipinski definition) is 2. The molecule has 0 saturated heterocycles. The lowest BCUT2D eigenvalue weighted by Crippen LogP contribution is -2.16. The van der Waals surface area contributed by atoms with Gasteiger partial charge in [-0.15, -0.1) is 0 Å². The van der Waals surface area contributed by atoms with E-state index in [-0.39, 0.29) is 11.6 Å². The highest BCUT2D eigenvalue weighted by atomic mass is 16.5. The van der Waals surface area contributed by atoms with Crippen LogP contribution in [-0.2, 0) is 6.54 Å². The average molecular weight is 337 g/mol. The predicted molar refractivity (Wildman–Crippen MR) is 94.5 cm³/mol. The summed E-state index contributed by atoms with van der Waals surface area (Å²) in [6.45, 7) is 6.16. The summed E-state index contributed by atoms with van der Waals surface area (Å²) in [5.74, 6) is 1.71. The van der Waals surface area contributed by atoms with Gasteiger partial charge in [0.15, 0.2) is 5.82 Å². The van der Waals surface area contributed by atoms with Gasteiger partial charge in [0.25, 0.3) is 5.91 Å². The van der Waals surface area contributed by atoms with Gasteiger partial charge in [-0.25, -0.2) is 9.97 Å². The van der Waals surface area contributed by atoms with Gasteiger partial charge in [0.2, 0.25) is 0 Å². The number of nitrogens with one attached hydrogen (secondary N) is 2. The normalized spacial score (nSPS) is 10.5. The molecule has 25 heavy (non-hydrogen) atoms. The van der Waals surface area contributed by atoms with Crippen LogP contribution in [0.4, 0.5) is 11.6 Å². The van der Waals surface area contributed by atoms with Crippen LogP contribution in [0.2, 0.25) is 0 Å². The third-order valence-corrected chi connectivity index (χ3v) is 3.50. The zero-order chi connectivity index (χ0) is 17.8. The second-order valence-electron chi connectivity index (χ2n) is 5.81. The fourth-order valence-electron chi connectivity index (χ4n) is 2.39. The molecular weight excluding hydrogens is 318 g/mol. The largest absolute Gasteiger partial charge is 0.366 e. The van der Waals surface area contributed by atoms with E-state index in [0.29, 0.717) is 29.8 Å². The summed E-state index contributed by atoms with van der Waals surface area (Å²) in [5.41, 5.74) is 2.60. The van der Waals surface area contributed by atoms with Crippen LogP contribution in [0, 0.1) is 20.8 Å². The molecule has 1 aromatic carbocycles. The molecule has 2 heterocycles. The van der Waals surface area contributed by atoms with Gasteiger partial charge in [-0.2, -0.15) is 0 Å². The highest BCUT2D eigenvalue weighted by molar-refractivity contribution is 6.02. The van der Waals surface area contributed by atoms with Crippen molar-refractivity contribution in [3.8, 4) is 0 Å². The number of nitrogens with zero attached hydrogens (tertiary/aromatic N) is 3. The second-order valence-corrected chi connectivity index (χ2v) is 5.81. The maximum Gasteiger partial charge on any atom is 0.275 e. The van der Waals surface area contributed by atoms with Crippen molar-refractivity contribution in [2.45, 2.75) is 27.3 Å². The van der Waals surface area contributed by atoms with Gasteiger partial charge in [0, 0.05) is 18.7 Å². The Morgan fingerprint density at radius 1 is 1.08 bits per heavy atom. The van der Waals surface area contributed by atoms with E-state index < -0.39 is 0 Å². The molecule has 2 aromatic heterocycles. The Bertz CT molecular complexity index is 904. The lowest BCUT2D eigenvalue weighted by molar-refractivity contribution is 0.102. The molecule has 0 saturated carbocycles. The first-order valence-corrected chi connectivity index (χ1v) is 7.89. The van der Waals surface area contributed by atoms with E-state index in [0.717, 1.165) is 5.56 Å². The standard InChI is InChI=1S/C18H19N5O2/c1-11-5-4-6-14(7-11)10-19-16-9-15(20-13(3)21-16)18(24)22-17-8-12(2)25-23-17/h4-9H,10H2,1-3H3,(H,19,20,21)(H,22,23,24). The molecular formula is C18H19N5O2. The van der Waals surface area contributed by atoms with Crippen LogP contribution < -0.4 is 10.6 Å². The Labute approximate surface area is 145 Å². The average Bonchev–Trinajstić information content (AvgIpc) is 2.97. The van der Waals surface area contributed by atoms with E-state index in [1.165, 1.54) is 5.56 Å². The van der Waals surface area contributed by atoms with E-state index in [4.69, 9.17) is 4.52 Å². The van der Waals surface area contributed by atoms with Crippen molar-refractivity contribution in [2.24, 2.45) is 0 Å². The van der Waals surface area contributed by atoms with Crippen molar-refractivity contribution >= 4 is 17.5 Å². The number of amides is 1. The van der Waals surface area contributed by atoms with Gasteiger partial charge in [0.1, 0.15) is 23.1 Å².